The molecule has 3 aromatic rings. The molecule has 5 rings (SSSR count). The Labute approximate surface area is 174 Å². The van der Waals surface area contributed by atoms with Crippen LogP contribution in [-0.4, -0.2) is 35.5 Å². The number of carbonyl (C=O) groups excluding carboxylic acids is 1. The summed E-state index contributed by atoms with van der Waals surface area (Å²) in [6.07, 6.45) is 3.50. The molecule has 0 saturated heterocycles. The second kappa shape index (κ2) is 7.17. The summed E-state index contributed by atoms with van der Waals surface area (Å²) in [5, 5.41) is 15.3. The molecule has 0 fully saturated rings. The summed E-state index contributed by atoms with van der Waals surface area (Å²) in [6, 6.07) is 9.87. The van der Waals surface area contributed by atoms with E-state index in [1.165, 1.54) is 23.4 Å². The zero-order valence-corrected chi connectivity index (χ0v) is 16.2. The third-order valence-electron chi connectivity index (χ3n) is 5.24. The smallest absolute Gasteiger partial charge is 0.173 e. The van der Waals surface area contributed by atoms with E-state index < -0.39 is 17.2 Å². The molecule has 1 aromatic heterocycles. The molecule has 2 aromatic carbocycles. The van der Waals surface area contributed by atoms with E-state index >= 15 is 0 Å². The number of nitrogens with zero attached hydrogens (tertiary/aromatic N) is 5. The average molecular weight is 425 g/mol. The van der Waals surface area contributed by atoms with Gasteiger partial charge < -0.3 is 9.84 Å². The van der Waals surface area contributed by atoms with Gasteiger partial charge in [-0.3, -0.25) is 9.48 Å². The van der Waals surface area contributed by atoms with E-state index in [0.29, 0.717) is 17.9 Å². The Morgan fingerprint density at radius 2 is 1.90 bits per heavy atom. The second-order valence-corrected chi connectivity index (χ2v) is 7.36. The predicted molar refractivity (Wildman–Crippen MR) is 104 cm³/mol. The topological polar surface area (TPSA) is 87.1 Å². The number of benzene rings is 2. The van der Waals surface area contributed by atoms with Crippen LogP contribution in [0, 0.1) is 11.6 Å². The van der Waals surface area contributed by atoms with Gasteiger partial charge in [-0.25, -0.2) is 23.1 Å². The maximum atomic E-state index is 14.5. The fourth-order valence-electron chi connectivity index (χ4n) is 3.59. The molecule has 8 nitrogen and oxygen atoms in total. The summed E-state index contributed by atoms with van der Waals surface area (Å²) in [6.45, 7) is 0.336. The minimum atomic E-state index is -1.66. The maximum absolute atomic E-state index is 14.5. The first kappa shape index (κ1) is 19.2. The van der Waals surface area contributed by atoms with Crippen LogP contribution >= 0.6 is 0 Å². The van der Waals surface area contributed by atoms with E-state index in [4.69, 9.17) is 4.74 Å². The number of aromatic nitrogens is 5. The van der Waals surface area contributed by atoms with Gasteiger partial charge in [0.1, 0.15) is 54.2 Å². The molecule has 0 spiro atoms. The monoisotopic (exact) mass is 425 g/mol. The number of hydrogen-bond donors (Lipinski definition) is 1. The van der Waals surface area contributed by atoms with E-state index in [1.807, 2.05) is 4.68 Å². The highest BCUT2D eigenvalue weighted by atomic mass is 19.1. The SMILES string of the molecule is O=Cc1ccc(OCc2c3n(CC(O)(Cn4cncn4)c4ccc(F)cc4F)n2-3)cc1. The molecule has 2 aliphatic heterocycles. The molecule has 0 saturated carbocycles. The molecule has 0 bridgehead atoms. The summed E-state index contributed by atoms with van der Waals surface area (Å²) >= 11 is 0. The number of halogens is 2. The van der Waals surface area contributed by atoms with Gasteiger partial charge in [0, 0.05) is 17.2 Å². The maximum Gasteiger partial charge on any atom is 0.173 e. The van der Waals surface area contributed by atoms with Gasteiger partial charge in [0.05, 0.1) is 13.1 Å². The van der Waals surface area contributed by atoms with Crippen molar-refractivity contribution in [3.05, 3.63) is 83.6 Å². The lowest BCUT2D eigenvalue weighted by atomic mass is 9.93. The van der Waals surface area contributed by atoms with E-state index in [1.54, 1.807) is 28.9 Å². The molecule has 0 aliphatic carbocycles. The molecule has 1 N–H and O–H groups in total. The van der Waals surface area contributed by atoms with Crippen LogP contribution in [0.15, 0.2) is 55.1 Å². The predicted octanol–water partition coefficient (Wildman–Crippen LogP) is 2.44. The summed E-state index contributed by atoms with van der Waals surface area (Å²) in [5.74, 6) is -0.0201. The molecule has 1 unspecified atom stereocenters. The molecule has 10 heteroatoms. The van der Waals surface area contributed by atoms with Crippen LogP contribution in [0.1, 0.15) is 21.6 Å². The first-order chi connectivity index (χ1) is 15.0. The first-order valence-corrected chi connectivity index (χ1v) is 9.47. The first-order valence-electron chi connectivity index (χ1n) is 9.47. The van der Waals surface area contributed by atoms with Crippen molar-refractivity contribution in [3.8, 4) is 11.6 Å². The fourth-order valence-corrected chi connectivity index (χ4v) is 3.59. The van der Waals surface area contributed by atoms with Crippen LogP contribution in [0.3, 0.4) is 0 Å². The summed E-state index contributed by atoms with van der Waals surface area (Å²) in [5.41, 5.74) is -0.173. The largest absolute Gasteiger partial charge is 0.487 e. The Kier molecular flexibility index (Phi) is 4.44. The van der Waals surface area contributed by atoms with Gasteiger partial charge in [-0.2, -0.15) is 5.10 Å². The van der Waals surface area contributed by atoms with Crippen LogP contribution < -0.4 is 4.74 Å². The van der Waals surface area contributed by atoms with Crippen LogP contribution in [0.25, 0.3) is 5.82 Å². The summed E-state index contributed by atoms with van der Waals surface area (Å²) in [7, 11) is 0. The number of fused-ring (bicyclic) bond motifs is 1. The molecule has 2 aliphatic rings. The van der Waals surface area contributed by atoms with Crippen LogP contribution in [0.4, 0.5) is 8.78 Å². The van der Waals surface area contributed by atoms with Gasteiger partial charge in [-0.1, -0.05) is 6.07 Å². The standard InChI is InChI=1S/C21H17F2N5O3/c22-15-3-6-17(18(23)7-15)21(30,10-26-13-24-12-25-26)11-27-20-19(28(20)27)9-31-16-4-1-14(8-29)2-5-16/h1-8,12-13,30H,9-11H2. The van der Waals surface area contributed by atoms with Gasteiger partial charge in [-0.05, 0) is 30.3 Å². The zero-order chi connectivity index (χ0) is 21.6. The van der Waals surface area contributed by atoms with Crippen molar-refractivity contribution in [1.82, 2.24) is 24.1 Å². The molecule has 0 radical (unpaired) electrons. The number of rotatable bonds is 9. The lowest BCUT2D eigenvalue weighted by molar-refractivity contribution is -0.00524. The lowest BCUT2D eigenvalue weighted by Crippen LogP contribution is -2.36. The Morgan fingerprint density at radius 1 is 1.13 bits per heavy atom. The lowest BCUT2D eigenvalue weighted by Gasteiger charge is -2.28. The third-order valence-corrected chi connectivity index (χ3v) is 5.24. The summed E-state index contributed by atoms with van der Waals surface area (Å²) < 4.78 is 38.6. The Morgan fingerprint density at radius 3 is 2.55 bits per heavy atom. The molecule has 3 heterocycles. The highest BCUT2D eigenvalue weighted by Gasteiger charge is 2.46. The summed E-state index contributed by atoms with van der Waals surface area (Å²) in [4.78, 5) is 14.6. The minimum absolute atomic E-state index is 0.0226. The molecular formula is C21H17F2N5O3. The van der Waals surface area contributed by atoms with Crippen LogP contribution in [-0.2, 0) is 25.3 Å². The number of ether oxygens (including phenoxy) is 1. The van der Waals surface area contributed by atoms with Crippen molar-refractivity contribution in [2.45, 2.75) is 25.3 Å². The molecular weight excluding hydrogens is 408 g/mol. The molecule has 0 amide bonds. The van der Waals surface area contributed by atoms with Crippen molar-refractivity contribution in [3.63, 3.8) is 0 Å². The number of aldehydes is 1. The van der Waals surface area contributed by atoms with Gasteiger partial charge in [0.2, 0.25) is 0 Å². The quantitative estimate of drug-likeness (QED) is 0.367. The van der Waals surface area contributed by atoms with Gasteiger partial charge in [-0.15, -0.1) is 0 Å². The van der Waals surface area contributed by atoms with Gasteiger partial charge in [0.15, 0.2) is 5.82 Å². The van der Waals surface area contributed by atoms with E-state index in [-0.39, 0.29) is 18.7 Å². The van der Waals surface area contributed by atoms with Crippen molar-refractivity contribution >= 4 is 6.29 Å². The third kappa shape index (κ3) is 3.61. The van der Waals surface area contributed by atoms with E-state index in [0.717, 1.165) is 29.9 Å². The highest BCUT2D eigenvalue weighted by molar-refractivity contribution is 5.74. The fraction of sp³-hybridized carbons (Fsp3) is 0.190. The number of hydrogen-bond acceptors (Lipinski definition) is 5. The van der Waals surface area contributed by atoms with Crippen molar-refractivity contribution in [1.29, 1.82) is 0 Å². The number of carbonyl (C=O) groups is 1. The van der Waals surface area contributed by atoms with Crippen molar-refractivity contribution in [2.24, 2.45) is 0 Å². The van der Waals surface area contributed by atoms with Crippen molar-refractivity contribution < 1.29 is 23.4 Å². The van der Waals surface area contributed by atoms with Gasteiger partial charge >= 0.3 is 0 Å². The van der Waals surface area contributed by atoms with Crippen molar-refractivity contribution in [2.75, 3.05) is 0 Å². The highest BCUT2D eigenvalue weighted by Crippen LogP contribution is 2.42. The van der Waals surface area contributed by atoms with E-state index in [2.05, 4.69) is 10.1 Å². The zero-order valence-electron chi connectivity index (χ0n) is 16.2. The van der Waals surface area contributed by atoms with E-state index in [9.17, 15) is 18.7 Å². The number of aliphatic hydroxyl groups is 1. The molecule has 31 heavy (non-hydrogen) atoms. The molecule has 1 atom stereocenters. The van der Waals surface area contributed by atoms with Crippen LogP contribution in [0.2, 0.25) is 0 Å². The second-order valence-electron chi connectivity index (χ2n) is 7.36. The minimum Gasteiger partial charge on any atom is -0.487 e. The van der Waals surface area contributed by atoms with Gasteiger partial charge in [0.25, 0.3) is 0 Å². The average Bonchev–Trinajstić information content (AvgIpc) is 3.59. The Hall–Kier alpha value is -3.79. The normalized spacial score (nSPS) is 13.8. The molecule has 158 valence electrons. The van der Waals surface area contributed by atoms with Crippen LogP contribution in [0.5, 0.6) is 5.75 Å². The Balaban J connectivity index is 1.30. The Bertz CT molecular complexity index is 1230.